The molecule has 33 heavy (non-hydrogen) atoms. The van der Waals surface area contributed by atoms with E-state index in [0.29, 0.717) is 0 Å². The predicted octanol–water partition coefficient (Wildman–Crippen LogP) is 10.8. The van der Waals surface area contributed by atoms with E-state index in [4.69, 9.17) is 8.85 Å². The minimum absolute atomic E-state index is 0.837. The summed E-state index contributed by atoms with van der Waals surface area (Å²) in [5, 5.41) is 0. The van der Waals surface area contributed by atoms with E-state index in [1.54, 1.807) is 0 Å². The van der Waals surface area contributed by atoms with Crippen LogP contribution in [0.2, 0.25) is 6.55 Å². The Morgan fingerprint density at radius 2 is 0.697 bits per heavy atom. The highest BCUT2D eigenvalue weighted by Crippen LogP contribution is 2.15. The van der Waals surface area contributed by atoms with Crippen LogP contribution in [0.15, 0.2) is 12.3 Å². The van der Waals surface area contributed by atoms with Crippen LogP contribution in [0.25, 0.3) is 0 Å². The van der Waals surface area contributed by atoms with Crippen molar-refractivity contribution < 1.29 is 8.85 Å². The van der Waals surface area contributed by atoms with Gasteiger partial charge in [-0.25, -0.2) is 0 Å². The van der Waals surface area contributed by atoms with E-state index in [9.17, 15) is 0 Å². The molecule has 0 bridgehead atoms. The molecular weight excluding hydrogens is 420 g/mol. The Morgan fingerprint density at radius 1 is 0.455 bits per heavy atom. The van der Waals surface area contributed by atoms with E-state index >= 15 is 0 Å². The van der Waals surface area contributed by atoms with Gasteiger partial charge in [-0.2, -0.15) is 0 Å². The normalized spacial score (nSPS) is 13.3. The first kappa shape index (κ1) is 32.9. The summed E-state index contributed by atoms with van der Waals surface area (Å²) in [6.07, 6.45) is 31.7. The Balaban J connectivity index is 3.42. The van der Waals surface area contributed by atoms with E-state index in [1.165, 1.54) is 135 Å². The second-order valence-electron chi connectivity index (χ2n) is 10.3. The maximum atomic E-state index is 6.17. The molecule has 0 fully saturated rings. The molecule has 0 rings (SSSR count). The average Bonchev–Trinajstić information content (AvgIpc) is 2.82. The van der Waals surface area contributed by atoms with Crippen LogP contribution in [0.4, 0.5) is 0 Å². The van der Waals surface area contributed by atoms with E-state index in [0.717, 1.165) is 26.1 Å². The fourth-order valence-corrected chi connectivity index (χ4v) is 5.84. The van der Waals surface area contributed by atoms with Gasteiger partial charge >= 0.3 is 8.56 Å². The van der Waals surface area contributed by atoms with E-state index < -0.39 is 8.56 Å². The van der Waals surface area contributed by atoms with E-state index in [1.807, 2.05) is 5.70 Å². The zero-order valence-corrected chi connectivity index (χ0v) is 24.3. The Morgan fingerprint density at radius 3 is 0.939 bits per heavy atom. The molecular formula is C30H62O2Si. The van der Waals surface area contributed by atoms with Crippen molar-refractivity contribution in [3.8, 4) is 0 Å². The Kier molecular flexibility index (Phi) is 26.4. The SMILES string of the molecule is C=C[Si](C)(OCCCCCCCCCCC)OCCCCCCCCCCCCCCCC. The summed E-state index contributed by atoms with van der Waals surface area (Å²) in [6, 6.07) is 0. The quantitative estimate of drug-likeness (QED) is 0.0815. The average molecular weight is 483 g/mol. The highest BCUT2D eigenvalue weighted by Gasteiger charge is 2.26. The summed E-state index contributed by atoms with van der Waals surface area (Å²) >= 11 is 0. The van der Waals surface area contributed by atoms with Crippen molar-refractivity contribution in [2.45, 2.75) is 168 Å². The molecule has 0 aromatic rings. The van der Waals surface area contributed by atoms with Gasteiger partial charge in [-0.15, -0.1) is 6.58 Å². The van der Waals surface area contributed by atoms with Crippen LogP contribution in [0.5, 0.6) is 0 Å². The lowest BCUT2D eigenvalue weighted by Crippen LogP contribution is -2.37. The first-order chi connectivity index (χ1) is 16.2. The smallest absolute Gasteiger partial charge is 0.361 e. The van der Waals surface area contributed by atoms with Crippen molar-refractivity contribution in [2.75, 3.05) is 13.2 Å². The van der Waals surface area contributed by atoms with E-state index in [2.05, 4.69) is 27.0 Å². The monoisotopic (exact) mass is 482 g/mol. The molecule has 0 radical (unpaired) electrons. The second-order valence-corrected chi connectivity index (χ2v) is 13.4. The van der Waals surface area contributed by atoms with Crippen molar-refractivity contribution >= 4 is 8.56 Å². The zero-order chi connectivity index (χ0) is 24.3. The molecule has 0 aliphatic carbocycles. The molecule has 1 atom stereocenters. The number of hydrogen-bond acceptors (Lipinski definition) is 2. The van der Waals surface area contributed by atoms with Crippen molar-refractivity contribution in [3.05, 3.63) is 12.3 Å². The molecule has 198 valence electrons. The summed E-state index contributed by atoms with van der Waals surface area (Å²) < 4.78 is 12.3. The lowest BCUT2D eigenvalue weighted by Gasteiger charge is -2.23. The third-order valence-corrected chi connectivity index (χ3v) is 9.19. The summed E-state index contributed by atoms with van der Waals surface area (Å²) in [5.74, 6) is 0. The molecule has 0 saturated heterocycles. The molecule has 0 amide bonds. The lowest BCUT2D eigenvalue weighted by molar-refractivity contribution is 0.177. The van der Waals surface area contributed by atoms with Gasteiger partial charge in [0, 0.05) is 13.2 Å². The fourth-order valence-electron chi connectivity index (χ4n) is 4.42. The minimum Gasteiger partial charge on any atom is -0.391 e. The van der Waals surface area contributed by atoms with Gasteiger partial charge in [0.15, 0.2) is 0 Å². The number of unbranched alkanes of at least 4 members (excludes halogenated alkanes) is 21. The van der Waals surface area contributed by atoms with Crippen LogP contribution in [0.3, 0.4) is 0 Å². The van der Waals surface area contributed by atoms with Crippen LogP contribution in [-0.2, 0) is 8.85 Å². The van der Waals surface area contributed by atoms with Crippen molar-refractivity contribution in [1.29, 1.82) is 0 Å². The molecule has 0 aromatic heterocycles. The third-order valence-electron chi connectivity index (χ3n) is 6.89. The van der Waals surface area contributed by atoms with Crippen molar-refractivity contribution in [1.82, 2.24) is 0 Å². The highest BCUT2D eigenvalue weighted by molar-refractivity contribution is 6.71. The molecule has 0 aliphatic rings. The van der Waals surface area contributed by atoms with Crippen LogP contribution < -0.4 is 0 Å². The van der Waals surface area contributed by atoms with Gasteiger partial charge in [0.05, 0.1) is 0 Å². The number of hydrogen-bond donors (Lipinski definition) is 0. The Bertz CT molecular complexity index is 387. The van der Waals surface area contributed by atoms with Crippen LogP contribution >= 0.6 is 0 Å². The molecule has 0 heterocycles. The zero-order valence-electron chi connectivity index (χ0n) is 23.3. The minimum atomic E-state index is -2.15. The third kappa shape index (κ3) is 24.8. The largest absolute Gasteiger partial charge is 0.391 e. The van der Waals surface area contributed by atoms with Crippen molar-refractivity contribution in [2.24, 2.45) is 0 Å². The van der Waals surface area contributed by atoms with Gasteiger partial charge in [0.1, 0.15) is 0 Å². The number of rotatable bonds is 28. The first-order valence-electron chi connectivity index (χ1n) is 15.1. The molecule has 0 spiro atoms. The molecule has 0 aliphatic heterocycles. The summed E-state index contributed by atoms with van der Waals surface area (Å²) in [7, 11) is -2.15. The summed E-state index contributed by atoms with van der Waals surface area (Å²) in [6.45, 7) is 12.4. The van der Waals surface area contributed by atoms with Crippen molar-refractivity contribution in [3.63, 3.8) is 0 Å². The van der Waals surface area contributed by atoms with E-state index in [-0.39, 0.29) is 0 Å². The predicted molar refractivity (Wildman–Crippen MR) is 151 cm³/mol. The first-order valence-corrected chi connectivity index (χ1v) is 17.5. The highest BCUT2D eigenvalue weighted by atomic mass is 28.4. The summed E-state index contributed by atoms with van der Waals surface area (Å²) in [4.78, 5) is 0. The molecule has 0 N–H and O–H groups in total. The van der Waals surface area contributed by atoms with Gasteiger partial charge in [-0.1, -0.05) is 149 Å². The van der Waals surface area contributed by atoms with Gasteiger partial charge in [0.25, 0.3) is 0 Å². The Hall–Kier alpha value is -0.123. The van der Waals surface area contributed by atoms with Crippen LogP contribution in [-0.4, -0.2) is 21.8 Å². The Labute approximate surface area is 210 Å². The standard InChI is InChI=1S/C30H62O2Si/c1-5-8-10-12-14-16-17-18-19-20-22-24-26-28-30-32-33(4,7-3)31-29-27-25-23-21-15-13-11-9-6-2/h7H,3,5-6,8-30H2,1-2,4H3. The summed E-state index contributed by atoms with van der Waals surface area (Å²) in [5.41, 5.74) is 1.96. The maximum absolute atomic E-state index is 6.17. The van der Waals surface area contributed by atoms with Crippen LogP contribution in [0, 0.1) is 0 Å². The maximum Gasteiger partial charge on any atom is 0.361 e. The second kappa shape index (κ2) is 26.5. The van der Waals surface area contributed by atoms with Crippen LogP contribution in [0.1, 0.15) is 162 Å². The molecule has 2 nitrogen and oxygen atoms in total. The molecule has 0 aromatic carbocycles. The van der Waals surface area contributed by atoms with Gasteiger partial charge < -0.3 is 8.85 Å². The fraction of sp³-hybridized carbons (Fsp3) is 0.933. The van der Waals surface area contributed by atoms with Gasteiger partial charge in [-0.05, 0) is 25.1 Å². The van der Waals surface area contributed by atoms with Gasteiger partial charge in [-0.3, -0.25) is 0 Å². The molecule has 1 unspecified atom stereocenters. The topological polar surface area (TPSA) is 18.5 Å². The van der Waals surface area contributed by atoms with Gasteiger partial charge in [0.2, 0.25) is 0 Å². The molecule has 3 heteroatoms. The molecule has 0 saturated carbocycles. The lowest BCUT2D eigenvalue weighted by atomic mass is 10.0.